The van der Waals surface area contributed by atoms with Crippen LogP contribution in [0.5, 0.6) is 0 Å². The molecule has 24 heavy (non-hydrogen) atoms. The number of benzene rings is 1. The molecule has 0 aliphatic carbocycles. The molecule has 6 N–H and O–H groups in total. The molecular formula is C16H18N4O4. The Labute approximate surface area is 138 Å². The number of terminal acetylenes is 1. The zero-order chi connectivity index (χ0) is 18.1. The van der Waals surface area contributed by atoms with E-state index in [1.54, 1.807) is 24.3 Å². The van der Waals surface area contributed by atoms with Crippen molar-refractivity contribution in [3.8, 4) is 12.3 Å². The Hall–Kier alpha value is -3.34. The molecule has 0 aliphatic heterocycles. The first kappa shape index (κ1) is 18.7. The molecule has 0 spiro atoms. The van der Waals surface area contributed by atoms with Gasteiger partial charge in [-0.05, 0) is 24.3 Å². The van der Waals surface area contributed by atoms with E-state index in [1.807, 2.05) is 0 Å². The summed E-state index contributed by atoms with van der Waals surface area (Å²) in [5, 5.41) is 21.0. The average molecular weight is 330 g/mol. The molecule has 0 saturated carbocycles. The van der Waals surface area contributed by atoms with Crippen molar-refractivity contribution in [2.45, 2.75) is 25.3 Å². The van der Waals surface area contributed by atoms with E-state index in [2.05, 4.69) is 16.6 Å². The molecule has 0 aliphatic rings. The first-order valence-corrected chi connectivity index (χ1v) is 7.03. The van der Waals surface area contributed by atoms with Crippen LogP contribution in [0.2, 0.25) is 0 Å². The highest BCUT2D eigenvalue weighted by Crippen LogP contribution is 2.10. The lowest BCUT2D eigenvalue weighted by atomic mass is 10.2. The third kappa shape index (κ3) is 6.19. The molecule has 0 radical (unpaired) electrons. The predicted molar refractivity (Wildman–Crippen MR) is 88.3 cm³/mol. The molecule has 8 heteroatoms. The molecule has 0 fully saturated rings. The number of amidine groups is 1. The third-order valence-electron chi connectivity index (χ3n) is 3.01. The summed E-state index contributed by atoms with van der Waals surface area (Å²) in [6.45, 7) is 0. The quantitative estimate of drug-likeness (QED) is 0.264. The predicted octanol–water partition coefficient (Wildman–Crippen LogP) is 0.282. The van der Waals surface area contributed by atoms with E-state index < -0.39 is 23.8 Å². The van der Waals surface area contributed by atoms with Gasteiger partial charge in [-0.15, -0.1) is 12.3 Å². The van der Waals surface area contributed by atoms with Gasteiger partial charge in [-0.3, -0.25) is 15.0 Å². The first-order chi connectivity index (χ1) is 11.3. The summed E-state index contributed by atoms with van der Waals surface area (Å²) in [6.07, 6.45) is 4.63. The van der Waals surface area contributed by atoms with Crippen LogP contribution in [-0.4, -0.2) is 34.8 Å². The molecular weight excluding hydrogens is 312 g/mol. The van der Waals surface area contributed by atoms with Crippen molar-refractivity contribution in [3.05, 3.63) is 29.8 Å². The van der Waals surface area contributed by atoms with Crippen LogP contribution < -0.4 is 16.4 Å². The number of carboxylic acids is 1. The Bertz CT molecular complexity index is 676. The van der Waals surface area contributed by atoms with Gasteiger partial charge in [0.25, 0.3) is 0 Å². The highest BCUT2D eigenvalue weighted by Gasteiger charge is 2.19. The van der Waals surface area contributed by atoms with Gasteiger partial charge in [-0.2, -0.15) is 0 Å². The summed E-state index contributed by atoms with van der Waals surface area (Å²) >= 11 is 0. The number of nitrogens with one attached hydrogen (secondary N) is 3. The Morgan fingerprint density at radius 2 is 1.79 bits per heavy atom. The summed E-state index contributed by atoms with van der Waals surface area (Å²) in [4.78, 5) is 34.3. The minimum absolute atomic E-state index is 0.0792. The molecule has 0 bridgehead atoms. The summed E-state index contributed by atoms with van der Waals surface area (Å²) < 4.78 is 0. The number of carboxylic acid groups (broad SMARTS) is 1. The van der Waals surface area contributed by atoms with E-state index in [9.17, 15) is 14.4 Å². The molecule has 8 nitrogen and oxygen atoms in total. The topological polar surface area (TPSA) is 145 Å². The standard InChI is InChI=1S/C16H18N4O4/c1-2-3-12(16(23)24)20-14(22)9-8-13(21)19-11-6-4-10(5-7-11)15(17)18/h1,4-7,12H,3,8-9H2,(H3,17,18)(H,19,21)(H,20,22)(H,23,24). The number of carbonyl (C=O) groups excluding carboxylic acids is 2. The number of hydrogen-bond acceptors (Lipinski definition) is 4. The van der Waals surface area contributed by atoms with Crippen molar-refractivity contribution in [1.29, 1.82) is 5.41 Å². The number of aliphatic carboxylic acids is 1. The lowest BCUT2D eigenvalue weighted by molar-refractivity contribution is -0.141. The number of nitrogens with two attached hydrogens (primary N) is 1. The second kappa shape index (κ2) is 8.95. The van der Waals surface area contributed by atoms with Gasteiger partial charge < -0.3 is 21.5 Å². The summed E-state index contributed by atoms with van der Waals surface area (Å²) in [5.41, 5.74) is 6.36. The maximum absolute atomic E-state index is 11.8. The van der Waals surface area contributed by atoms with Gasteiger partial charge >= 0.3 is 5.97 Å². The van der Waals surface area contributed by atoms with Crippen molar-refractivity contribution in [1.82, 2.24) is 5.32 Å². The van der Waals surface area contributed by atoms with Gasteiger partial charge in [0.05, 0.1) is 0 Å². The van der Waals surface area contributed by atoms with Crippen molar-refractivity contribution in [2.75, 3.05) is 5.32 Å². The van der Waals surface area contributed by atoms with Crippen LogP contribution in [0.25, 0.3) is 0 Å². The fourth-order valence-corrected chi connectivity index (χ4v) is 1.77. The molecule has 1 aromatic carbocycles. The van der Waals surface area contributed by atoms with Gasteiger partial charge in [-0.25, -0.2) is 4.79 Å². The number of hydrogen-bond donors (Lipinski definition) is 5. The highest BCUT2D eigenvalue weighted by atomic mass is 16.4. The van der Waals surface area contributed by atoms with Crippen molar-refractivity contribution in [3.63, 3.8) is 0 Å². The molecule has 1 unspecified atom stereocenters. The molecule has 126 valence electrons. The normalized spacial score (nSPS) is 11.0. The van der Waals surface area contributed by atoms with Gasteiger partial charge in [0.15, 0.2) is 0 Å². The number of rotatable bonds is 8. The van der Waals surface area contributed by atoms with Crippen LogP contribution in [0.4, 0.5) is 5.69 Å². The van der Waals surface area contributed by atoms with E-state index in [1.165, 1.54) is 0 Å². The largest absolute Gasteiger partial charge is 0.480 e. The Morgan fingerprint density at radius 1 is 1.21 bits per heavy atom. The highest BCUT2D eigenvalue weighted by molar-refractivity contribution is 5.97. The van der Waals surface area contributed by atoms with Crippen molar-refractivity contribution >= 4 is 29.3 Å². The summed E-state index contributed by atoms with van der Waals surface area (Å²) in [5.74, 6) is -0.107. The van der Waals surface area contributed by atoms with Crippen LogP contribution in [0.3, 0.4) is 0 Å². The second-order valence-electron chi connectivity index (χ2n) is 4.91. The number of carbonyl (C=O) groups is 3. The SMILES string of the molecule is C#CCC(NC(=O)CCC(=O)Nc1ccc(C(=N)N)cc1)C(=O)O. The first-order valence-electron chi connectivity index (χ1n) is 7.03. The Balaban J connectivity index is 2.45. The van der Waals surface area contributed by atoms with Crippen LogP contribution in [0, 0.1) is 17.8 Å². The number of amides is 2. The molecule has 0 saturated heterocycles. The molecule has 0 aromatic heterocycles. The van der Waals surface area contributed by atoms with E-state index in [4.69, 9.17) is 22.7 Å². The van der Waals surface area contributed by atoms with E-state index >= 15 is 0 Å². The van der Waals surface area contributed by atoms with Gasteiger partial charge in [-0.1, -0.05) is 0 Å². The molecule has 0 heterocycles. The van der Waals surface area contributed by atoms with Crippen LogP contribution >= 0.6 is 0 Å². The number of nitrogen functional groups attached to an aromatic ring is 1. The van der Waals surface area contributed by atoms with E-state index in [0.29, 0.717) is 11.3 Å². The fraction of sp³-hybridized carbons (Fsp3) is 0.250. The van der Waals surface area contributed by atoms with Crippen LogP contribution in [0.15, 0.2) is 24.3 Å². The molecule has 1 atom stereocenters. The van der Waals surface area contributed by atoms with E-state index in [-0.39, 0.29) is 25.1 Å². The molecule has 1 rings (SSSR count). The van der Waals surface area contributed by atoms with Crippen LogP contribution in [-0.2, 0) is 14.4 Å². The summed E-state index contributed by atoms with van der Waals surface area (Å²) in [6, 6.07) is 5.18. The minimum Gasteiger partial charge on any atom is -0.480 e. The molecule has 2 amide bonds. The van der Waals surface area contributed by atoms with Gasteiger partial charge in [0.1, 0.15) is 11.9 Å². The summed E-state index contributed by atoms with van der Waals surface area (Å²) in [7, 11) is 0. The van der Waals surface area contributed by atoms with Gasteiger partial charge in [0, 0.05) is 30.5 Å². The Morgan fingerprint density at radius 3 is 2.29 bits per heavy atom. The Kier molecular flexibility index (Phi) is 6.97. The average Bonchev–Trinajstić information content (AvgIpc) is 2.53. The third-order valence-corrected chi connectivity index (χ3v) is 3.01. The zero-order valence-corrected chi connectivity index (χ0v) is 12.8. The van der Waals surface area contributed by atoms with Gasteiger partial charge in [0.2, 0.25) is 11.8 Å². The maximum atomic E-state index is 11.8. The lowest BCUT2D eigenvalue weighted by Gasteiger charge is -2.11. The maximum Gasteiger partial charge on any atom is 0.327 e. The van der Waals surface area contributed by atoms with Crippen molar-refractivity contribution in [2.24, 2.45) is 5.73 Å². The van der Waals surface area contributed by atoms with E-state index in [0.717, 1.165) is 0 Å². The fourth-order valence-electron chi connectivity index (χ4n) is 1.77. The smallest absolute Gasteiger partial charge is 0.327 e. The molecule has 1 aromatic rings. The van der Waals surface area contributed by atoms with Crippen LogP contribution in [0.1, 0.15) is 24.8 Å². The number of anilines is 1. The monoisotopic (exact) mass is 330 g/mol. The zero-order valence-electron chi connectivity index (χ0n) is 12.8. The second-order valence-corrected chi connectivity index (χ2v) is 4.91. The minimum atomic E-state index is -1.23. The lowest BCUT2D eigenvalue weighted by Crippen LogP contribution is -2.40. The van der Waals surface area contributed by atoms with Crippen molar-refractivity contribution < 1.29 is 19.5 Å².